The summed E-state index contributed by atoms with van der Waals surface area (Å²) in [4.78, 5) is 0. The molecule has 4 rings (SSSR count). The van der Waals surface area contributed by atoms with Crippen LogP contribution in [-0.4, -0.2) is 25.3 Å². The Labute approximate surface area is 126 Å². The molecule has 0 amide bonds. The largest absolute Gasteiger partial charge is 0.377 e. The van der Waals surface area contributed by atoms with E-state index in [9.17, 15) is 4.39 Å². The zero-order valence-corrected chi connectivity index (χ0v) is 12.5. The smallest absolute Gasteiger partial charge is 0.123 e. The van der Waals surface area contributed by atoms with Crippen molar-refractivity contribution >= 4 is 0 Å². The summed E-state index contributed by atoms with van der Waals surface area (Å²) in [5.74, 6) is 0.613. The molecule has 3 fully saturated rings. The van der Waals surface area contributed by atoms with Crippen molar-refractivity contribution in [1.29, 1.82) is 0 Å². The molecule has 2 unspecified atom stereocenters. The Morgan fingerprint density at radius 1 is 1.24 bits per heavy atom. The van der Waals surface area contributed by atoms with E-state index in [1.807, 2.05) is 6.07 Å². The van der Waals surface area contributed by atoms with Gasteiger partial charge in [0.15, 0.2) is 0 Å². The molecular weight excluding hydrogens is 265 g/mol. The molecule has 0 spiro atoms. The predicted octanol–water partition coefficient (Wildman–Crippen LogP) is 3.31. The average Bonchev–Trinajstić information content (AvgIpc) is 3.38. The fourth-order valence-corrected chi connectivity index (χ4v) is 3.87. The first-order valence-electron chi connectivity index (χ1n) is 8.35. The summed E-state index contributed by atoms with van der Waals surface area (Å²) in [5, 5.41) is 3.71. The van der Waals surface area contributed by atoms with Gasteiger partial charge in [0, 0.05) is 24.6 Å². The molecule has 1 heterocycles. The van der Waals surface area contributed by atoms with Gasteiger partial charge in [0.1, 0.15) is 5.82 Å². The molecule has 3 heteroatoms. The number of rotatable bonds is 6. The molecule has 2 atom stereocenters. The van der Waals surface area contributed by atoms with Crippen LogP contribution in [0, 0.1) is 17.2 Å². The standard InChI is InChI=1S/C18H24FNO/c19-15-3-1-2-13(10-15)11-18(12-20-16-6-7-16)8-9-21-17(18)14-4-5-14/h1-3,10,14,16-17,20H,4-9,11-12H2. The van der Waals surface area contributed by atoms with Gasteiger partial charge >= 0.3 is 0 Å². The summed E-state index contributed by atoms with van der Waals surface area (Å²) < 4.78 is 19.6. The first kappa shape index (κ1) is 13.7. The lowest BCUT2D eigenvalue weighted by Gasteiger charge is -2.35. The Balaban J connectivity index is 1.55. The van der Waals surface area contributed by atoms with E-state index in [1.54, 1.807) is 6.07 Å². The second-order valence-electron chi connectivity index (χ2n) is 7.20. The molecule has 3 aliphatic rings. The van der Waals surface area contributed by atoms with Gasteiger partial charge < -0.3 is 10.1 Å². The van der Waals surface area contributed by atoms with E-state index in [2.05, 4.69) is 11.4 Å². The van der Waals surface area contributed by atoms with Gasteiger partial charge in [0.05, 0.1) is 6.10 Å². The zero-order valence-electron chi connectivity index (χ0n) is 12.5. The van der Waals surface area contributed by atoms with E-state index >= 15 is 0 Å². The van der Waals surface area contributed by atoms with Gasteiger partial charge in [-0.25, -0.2) is 4.39 Å². The summed E-state index contributed by atoms with van der Waals surface area (Å²) in [5.41, 5.74) is 1.28. The number of halogens is 1. The second-order valence-corrected chi connectivity index (χ2v) is 7.20. The molecule has 2 saturated carbocycles. The predicted molar refractivity (Wildman–Crippen MR) is 80.6 cm³/mol. The Bertz CT molecular complexity index is 512. The van der Waals surface area contributed by atoms with Crippen molar-refractivity contribution in [2.45, 2.75) is 50.7 Å². The minimum Gasteiger partial charge on any atom is -0.377 e. The highest BCUT2D eigenvalue weighted by molar-refractivity contribution is 5.20. The third-order valence-corrected chi connectivity index (χ3v) is 5.32. The van der Waals surface area contributed by atoms with Crippen LogP contribution >= 0.6 is 0 Å². The summed E-state index contributed by atoms with van der Waals surface area (Å²) in [6.45, 7) is 1.89. The van der Waals surface area contributed by atoms with E-state index in [0.717, 1.165) is 43.5 Å². The molecule has 0 bridgehead atoms. The van der Waals surface area contributed by atoms with Crippen LogP contribution < -0.4 is 5.32 Å². The van der Waals surface area contributed by atoms with Crippen LogP contribution in [0.2, 0.25) is 0 Å². The first-order valence-corrected chi connectivity index (χ1v) is 8.35. The summed E-state index contributed by atoms with van der Waals surface area (Å²) in [6.07, 6.45) is 7.64. The molecule has 1 saturated heterocycles. The van der Waals surface area contributed by atoms with Gasteiger partial charge in [0.2, 0.25) is 0 Å². The van der Waals surface area contributed by atoms with Crippen molar-refractivity contribution in [3.05, 3.63) is 35.6 Å². The van der Waals surface area contributed by atoms with Crippen LogP contribution in [0.3, 0.4) is 0 Å². The van der Waals surface area contributed by atoms with Crippen LogP contribution in [0.15, 0.2) is 24.3 Å². The maximum absolute atomic E-state index is 13.5. The number of ether oxygens (including phenoxy) is 1. The maximum Gasteiger partial charge on any atom is 0.123 e. The lowest BCUT2D eigenvalue weighted by molar-refractivity contribution is 0.0304. The van der Waals surface area contributed by atoms with Gasteiger partial charge in [-0.15, -0.1) is 0 Å². The number of hydrogen-bond acceptors (Lipinski definition) is 2. The van der Waals surface area contributed by atoms with E-state index in [-0.39, 0.29) is 11.2 Å². The lowest BCUT2D eigenvalue weighted by atomic mass is 9.74. The van der Waals surface area contributed by atoms with Crippen LogP contribution in [0.25, 0.3) is 0 Å². The van der Waals surface area contributed by atoms with Crippen molar-refractivity contribution in [1.82, 2.24) is 5.32 Å². The SMILES string of the molecule is Fc1cccc(CC2(CNC3CC3)CCOC2C2CC2)c1. The van der Waals surface area contributed by atoms with Crippen molar-refractivity contribution in [2.24, 2.45) is 11.3 Å². The van der Waals surface area contributed by atoms with E-state index in [0.29, 0.717) is 6.10 Å². The highest BCUT2D eigenvalue weighted by Gasteiger charge is 2.51. The Morgan fingerprint density at radius 2 is 2.10 bits per heavy atom. The van der Waals surface area contributed by atoms with Gasteiger partial charge in [-0.3, -0.25) is 0 Å². The summed E-state index contributed by atoms with van der Waals surface area (Å²) in [6, 6.07) is 7.83. The molecule has 114 valence electrons. The molecule has 0 radical (unpaired) electrons. The number of hydrogen-bond donors (Lipinski definition) is 1. The van der Waals surface area contributed by atoms with Crippen molar-refractivity contribution in [3.8, 4) is 0 Å². The normalized spacial score (nSPS) is 32.5. The fraction of sp³-hybridized carbons (Fsp3) is 0.667. The Kier molecular flexibility index (Phi) is 3.50. The third-order valence-electron chi connectivity index (χ3n) is 5.32. The van der Waals surface area contributed by atoms with Crippen LogP contribution in [-0.2, 0) is 11.2 Å². The fourth-order valence-electron chi connectivity index (χ4n) is 3.87. The van der Waals surface area contributed by atoms with Crippen molar-refractivity contribution in [2.75, 3.05) is 13.2 Å². The molecule has 1 aromatic carbocycles. The third kappa shape index (κ3) is 3.00. The summed E-state index contributed by atoms with van der Waals surface area (Å²) >= 11 is 0. The molecule has 1 aliphatic heterocycles. The maximum atomic E-state index is 13.5. The van der Waals surface area contributed by atoms with Crippen LogP contribution in [0.4, 0.5) is 4.39 Å². The van der Waals surface area contributed by atoms with E-state index in [1.165, 1.54) is 31.7 Å². The first-order chi connectivity index (χ1) is 10.3. The van der Waals surface area contributed by atoms with Crippen molar-refractivity contribution < 1.29 is 9.13 Å². The topological polar surface area (TPSA) is 21.3 Å². The molecule has 0 aromatic heterocycles. The minimum absolute atomic E-state index is 0.125. The highest BCUT2D eigenvalue weighted by Crippen LogP contribution is 2.49. The van der Waals surface area contributed by atoms with Crippen molar-refractivity contribution in [3.63, 3.8) is 0 Å². The number of benzene rings is 1. The Morgan fingerprint density at radius 3 is 2.81 bits per heavy atom. The molecule has 1 N–H and O–H groups in total. The molecule has 2 nitrogen and oxygen atoms in total. The van der Waals surface area contributed by atoms with Gasteiger partial charge in [0.25, 0.3) is 0 Å². The molecule has 1 aromatic rings. The second kappa shape index (κ2) is 5.36. The monoisotopic (exact) mass is 289 g/mol. The zero-order chi connectivity index (χ0) is 14.3. The lowest BCUT2D eigenvalue weighted by Crippen LogP contribution is -2.44. The molecular formula is C18H24FNO. The van der Waals surface area contributed by atoms with E-state index in [4.69, 9.17) is 4.74 Å². The molecule has 2 aliphatic carbocycles. The van der Waals surface area contributed by atoms with Gasteiger partial charge in [-0.2, -0.15) is 0 Å². The Hall–Kier alpha value is -0.930. The number of nitrogens with one attached hydrogen (secondary N) is 1. The minimum atomic E-state index is -0.125. The average molecular weight is 289 g/mol. The molecule has 21 heavy (non-hydrogen) atoms. The van der Waals surface area contributed by atoms with Crippen LogP contribution in [0.5, 0.6) is 0 Å². The van der Waals surface area contributed by atoms with Crippen LogP contribution in [0.1, 0.15) is 37.7 Å². The highest BCUT2D eigenvalue weighted by atomic mass is 19.1. The van der Waals surface area contributed by atoms with Gasteiger partial charge in [-0.05, 0) is 62.1 Å². The quantitative estimate of drug-likeness (QED) is 0.867. The van der Waals surface area contributed by atoms with E-state index < -0.39 is 0 Å². The van der Waals surface area contributed by atoms with Gasteiger partial charge in [-0.1, -0.05) is 12.1 Å². The summed E-state index contributed by atoms with van der Waals surface area (Å²) in [7, 11) is 0.